The van der Waals surface area contributed by atoms with Crippen molar-refractivity contribution >= 4 is 52.1 Å². The molecule has 0 saturated heterocycles. The Morgan fingerprint density at radius 3 is 2.38 bits per heavy atom. The molecule has 32 heavy (non-hydrogen) atoms. The topological polar surface area (TPSA) is 73.2 Å². The Hall–Kier alpha value is -3.36. The fourth-order valence-corrected chi connectivity index (χ4v) is 3.83. The summed E-state index contributed by atoms with van der Waals surface area (Å²) in [7, 11) is 0. The molecule has 0 saturated carbocycles. The van der Waals surface area contributed by atoms with E-state index in [1.54, 1.807) is 60.7 Å². The van der Waals surface area contributed by atoms with E-state index in [0.29, 0.717) is 21.2 Å². The Morgan fingerprint density at radius 2 is 1.75 bits per heavy atom. The molecule has 0 radical (unpaired) electrons. The third-order valence-corrected chi connectivity index (χ3v) is 5.72. The molecule has 1 heterocycles. The number of halogens is 4. The molecule has 4 nitrogen and oxygen atoms in total. The number of anilines is 1. The van der Waals surface area contributed by atoms with Gasteiger partial charge in [0.2, 0.25) is 0 Å². The minimum atomic E-state index is -4.78. The fraction of sp³-hybridized carbons (Fsp3) is 0.0435. The smallest absolute Gasteiger partial charge is 0.432 e. The molecule has 0 bridgehead atoms. The quantitative estimate of drug-likeness (QED) is 0.249. The van der Waals surface area contributed by atoms with Gasteiger partial charge in [0.25, 0.3) is 0 Å². The molecule has 9 heteroatoms. The van der Waals surface area contributed by atoms with Crippen LogP contribution in [0.4, 0.5) is 18.9 Å². The van der Waals surface area contributed by atoms with Crippen molar-refractivity contribution in [1.29, 1.82) is 5.41 Å². The van der Waals surface area contributed by atoms with E-state index in [4.69, 9.17) is 22.1 Å². The Bertz CT molecular complexity index is 1200. The third kappa shape index (κ3) is 6.09. The standard InChI is InChI=1S/C23H16ClF3N2O2S/c24-16-3-1-2-4-17(16)29-18(13-21(28)23(25,26)27)20-11-10-19(32-20)15-8-5-14(6-9-15)7-12-22(30)31/h1-13,28-29H,(H,30,31)/b12-7+,18-13-,28-21?. The molecule has 1 aromatic heterocycles. The van der Waals surface area contributed by atoms with Crippen molar-refractivity contribution in [2.24, 2.45) is 0 Å². The predicted octanol–water partition coefficient (Wildman–Crippen LogP) is 7.20. The van der Waals surface area contributed by atoms with Crippen LogP contribution in [0.25, 0.3) is 22.2 Å². The Kier molecular flexibility index (Phi) is 7.17. The van der Waals surface area contributed by atoms with Crippen LogP contribution in [-0.4, -0.2) is 23.0 Å². The van der Waals surface area contributed by atoms with Gasteiger partial charge < -0.3 is 10.4 Å². The summed E-state index contributed by atoms with van der Waals surface area (Å²) in [5.41, 5.74) is 0.540. The van der Waals surface area contributed by atoms with Gasteiger partial charge in [-0.25, -0.2) is 4.79 Å². The fourth-order valence-electron chi connectivity index (χ4n) is 2.67. The zero-order valence-corrected chi connectivity index (χ0v) is 17.9. The lowest BCUT2D eigenvalue weighted by Crippen LogP contribution is -2.20. The van der Waals surface area contributed by atoms with Gasteiger partial charge in [0.1, 0.15) is 5.71 Å². The summed E-state index contributed by atoms with van der Waals surface area (Å²) in [6.45, 7) is 0. The summed E-state index contributed by atoms with van der Waals surface area (Å²) >= 11 is 7.38. The molecule has 3 aromatic rings. The molecule has 0 aliphatic carbocycles. The van der Waals surface area contributed by atoms with Crippen molar-refractivity contribution in [1.82, 2.24) is 0 Å². The first kappa shape index (κ1) is 23.3. The molecule has 3 N–H and O–H groups in total. The van der Waals surface area contributed by atoms with Gasteiger partial charge >= 0.3 is 12.1 Å². The molecule has 0 unspecified atom stereocenters. The first-order valence-electron chi connectivity index (χ1n) is 9.14. The number of carboxylic acids is 1. The summed E-state index contributed by atoms with van der Waals surface area (Å²) in [6, 6.07) is 17.1. The van der Waals surface area contributed by atoms with Crippen LogP contribution in [0.15, 0.2) is 72.8 Å². The minimum absolute atomic E-state index is 0.0951. The first-order valence-corrected chi connectivity index (χ1v) is 10.3. The van der Waals surface area contributed by atoms with Crippen LogP contribution in [0.3, 0.4) is 0 Å². The Labute approximate surface area is 190 Å². The number of allylic oxidation sites excluding steroid dienone is 1. The predicted molar refractivity (Wildman–Crippen MR) is 123 cm³/mol. The van der Waals surface area contributed by atoms with Crippen LogP contribution in [0.1, 0.15) is 10.4 Å². The highest BCUT2D eigenvalue weighted by molar-refractivity contribution is 7.16. The van der Waals surface area contributed by atoms with Crippen molar-refractivity contribution in [3.8, 4) is 10.4 Å². The van der Waals surface area contributed by atoms with E-state index in [1.165, 1.54) is 17.4 Å². The highest BCUT2D eigenvalue weighted by atomic mass is 35.5. The largest absolute Gasteiger partial charge is 0.478 e. The molecular formula is C23H16ClF3N2O2S. The second-order valence-electron chi connectivity index (χ2n) is 6.53. The zero-order valence-electron chi connectivity index (χ0n) is 16.3. The van der Waals surface area contributed by atoms with Gasteiger partial charge in [0, 0.05) is 11.0 Å². The van der Waals surface area contributed by atoms with Crippen LogP contribution in [0, 0.1) is 5.41 Å². The van der Waals surface area contributed by atoms with E-state index >= 15 is 0 Å². The lowest BCUT2D eigenvalue weighted by atomic mass is 10.1. The van der Waals surface area contributed by atoms with E-state index in [9.17, 15) is 18.0 Å². The summed E-state index contributed by atoms with van der Waals surface area (Å²) in [5, 5.41) is 19.3. The monoisotopic (exact) mass is 476 g/mol. The normalized spacial score (nSPS) is 12.2. The van der Waals surface area contributed by atoms with Gasteiger partial charge in [-0.05, 0) is 47.5 Å². The SMILES string of the molecule is N=C(/C=C(\Nc1ccccc1Cl)c1ccc(-c2ccc(/C=C/C(=O)O)cc2)s1)C(F)(F)F. The molecular weight excluding hydrogens is 461 g/mol. The number of benzene rings is 2. The van der Waals surface area contributed by atoms with Crippen molar-refractivity contribution in [2.45, 2.75) is 6.18 Å². The van der Waals surface area contributed by atoms with Gasteiger partial charge in [-0.3, -0.25) is 5.41 Å². The molecule has 0 spiro atoms. The number of carbonyl (C=O) groups is 1. The zero-order chi connectivity index (χ0) is 23.3. The van der Waals surface area contributed by atoms with Gasteiger partial charge in [0.05, 0.1) is 21.3 Å². The number of aliphatic carboxylic acids is 1. The molecule has 0 atom stereocenters. The van der Waals surface area contributed by atoms with Crippen LogP contribution in [0.2, 0.25) is 5.02 Å². The summed E-state index contributed by atoms with van der Waals surface area (Å²) in [5.74, 6) is -1.05. The first-order chi connectivity index (χ1) is 15.1. The maximum Gasteiger partial charge on any atom is 0.432 e. The highest BCUT2D eigenvalue weighted by Gasteiger charge is 2.33. The van der Waals surface area contributed by atoms with Crippen LogP contribution >= 0.6 is 22.9 Å². The maximum absolute atomic E-state index is 13.0. The van der Waals surface area contributed by atoms with Gasteiger partial charge in [-0.1, -0.05) is 48.0 Å². The number of nitrogens with one attached hydrogen (secondary N) is 2. The maximum atomic E-state index is 13.0. The summed E-state index contributed by atoms with van der Waals surface area (Å²) in [6.07, 6.45) is -1.56. The number of hydrogen-bond acceptors (Lipinski definition) is 4. The van der Waals surface area contributed by atoms with Crippen LogP contribution in [0.5, 0.6) is 0 Å². The molecule has 0 aliphatic rings. The second kappa shape index (κ2) is 9.84. The lowest BCUT2D eigenvalue weighted by Gasteiger charge is -2.13. The number of para-hydroxylation sites is 1. The van der Waals surface area contributed by atoms with E-state index in [-0.39, 0.29) is 5.70 Å². The van der Waals surface area contributed by atoms with Crippen molar-refractivity contribution in [3.63, 3.8) is 0 Å². The number of thiophene rings is 1. The number of rotatable bonds is 7. The number of hydrogen-bond donors (Lipinski definition) is 3. The number of alkyl halides is 3. The lowest BCUT2D eigenvalue weighted by molar-refractivity contribution is -0.131. The summed E-state index contributed by atoms with van der Waals surface area (Å²) in [4.78, 5) is 11.9. The van der Waals surface area contributed by atoms with Crippen molar-refractivity contribution in [3.05, 3.63) is 88.3 Å². The molecule has 0 fully saturated rings. The van der Waals surface area contributed by atoms with E-state index in [1.807, 2.05) is 0 Å². The summed E-state index contributed by atoms with van der Waals surface area (Å²) < 4.78 is 39.0. The number of carboxylic acid groups (broad SMARTS) is 1. The molecule has 3 rings (SSSR count). The second-order valence-corrected chi connectivity index (χ2v) is 8.02. The molecule has 0 aliphatic heterocycles. The van der Waals surface area contributed by atoms with E-state index in [2.05, 4.69) is 5.32 Å². The van der Waals surface area contributed by atoms with Crippen LogP contribution in [-0.2, 0) is 4.79 Å². The third-order valence-electron chi connectivity index (χ3n) is 4.22. The van der Waals surface area contributed by atoms with Crippen molar-refractivity contribution in [2.75, 3.05) is 5.32 Å². The van der Waals surface area contributed by atoms with E-state index in [0.717, 1.165) is 22.6 Å². The minimum Gasteiger partial charge on any atom is -0.478 e. The molecule has 2 aromatic carbocycles. The van der Waals surface area contributed by atoms with Crippen molar-refractivity contribution < 1.29 is 23.1 Å². The average molecular weight is 477 g/mol. The Balaban J connectivity index is 1.93. The Morgan fingerprint density at radius 1 is 1.06 bits per heavy atom. The average Bonchev–Trinajstić information content (AvgIpc) is 3.23. The van der Waals surface area contributed by atoms with Gasteiger partial charge in [-0.2, -0.15) is 13.2 Å². The van der Waals surface area contributed by atoms with Crippen LogP contribution < -0.4 is 5.32 Å². The van der Waals surface area contributed by atoms with E-state index < -0.39 is 17.9 Å². The molecule has 164 valence electrons. The highest BCUT2D eigenvalue weighted by Crippen LogP contribution is 2.34. The molecule has 0 amide bonds. The van der Waals surface area contributed by atoms with Gasteiger partial charge in [0.15, 0.2) is 0 Å². The van der Waals surface area contributed by atoms with Gasteiger partial charge in [-0.15, -0.1) is 11.3 Å².